The monoisotopic (exact) mass is 468 g/mol. The van der Waals surface area contributed by atoms with Crippen LogP contribution < -0.4 is 20.7 Å². The summed E-state index contributed by atoms with van der Waals surface area (Å²) in [4.78, 5) is 20.7. The molecule has 4 aromatic rings. The van der Waals surface area contributed by atoms with Crippen molar-refractivity contribution in [2.24, 2.45) is 0 Å². The van der Waals surface area contributed by atoms with Gasteiger partial charge in [0, 0.05) is 41.8 Å². The van der Waals surface area contributed by atoms with E-state index < -0.39 is 0 Å². The Morgan fingerprint density at radius 3 is 2.89 bits per heavy atom. The van der Waals surface area contributed by atoms with E-state index in [4.69, 9.17) is 9.72 Å². The van der Waals surface area contributed by atoms with Gasteiger partial charge in [0.1, 0.15) is 17.4 Å². The van der Waals surface area contributed by atoms with Gasteiger partial charge in [-0.1, -0.05) is 6.58 Å². The number of imidazole rings is 1. The molecule has 1 aliphatic heterocycles. The van der Waals surface area contributed by atoms with E-state index in [9.17, 15) is 4.79 Å². The van der Waals surface area contributed by atoms with Gasteiger partial charge >= 0.3 is 0 Å². The molecule has 6 rings (SSSR count). The number of anilines is 3. The minimum absolute atomic E-state index is 0.0598. The molecule has 3 aromatic heterocycles. The fraction of sp³-hybridized carbons (Fsp3) is 0.200. The highest BCUT2D eigenvalue weighted by atomic mass is 16.5. The van der Waals surface area contributed by atoms with Gasteiger partial charge in [0.05, 0.1) is 37.4 Å². The van der Waals surface area contributed by atoms with Crippen LogP contribution in [0.1, 0.15) is 24.8 Å². The Kier molecular flexibility index (Phi) is 4.98. The number of hydrogen-bond acceptors (Lipinski definition) is 7. The molecule has 0 atom stereocenters. The Morgan fingerprint density at radius 1 is 1.29 bits per heavy atom. The van der Waals surface area contributed by atoms with E-state index in [1.807, 2.05) is 41.1 Å². The lowest BCUT2D eigenvalue weighted by Crippen LogP contribution is -2.10. The number of nitrogens with one attached hydrogen (secondary N) is 3. The number of carbonyl (C=O) groups excluding carboxylic acids is 1. The van der Waals surface area contributed by atoms with Crippen molar-refractivity contribution < 1.29 is 9.53 Å². The molecule has 35 heavy (non-hydrogen) atoms. The molecule has 2 aliphatic rings. The number of ether oxygens (including phenoxy) is 1. The average Bonchev–Trinajstić information content (AvgIpc) is 3.20. The second kappa shape index (κ2) is 8.32. The summed E-state index contributed by atoms with van der Waals surface area (Å²) < 4.78 is 9.36. The van der Waals surface area contributed by atoms with Crippen LogP contribution in [0.2, 0.25) is 0 Å². The molecular formula is C25H24N8O2. The number of allylic oxidation sites excluding steroid dienone is 1. The lowest BCUT2D eigenvalue weighted by atomic mass is 10.1. The van der Waals surface area contributed by atoms with E-state index in [0.717, 1.165) is 41.2 Å². The smallest absolute Gasteiger partial charge is 0.228 e. The zero-order valence-corrected chi connectivity index (χ0v) is 19.2. The minimum atomic E-state index is -0.0598. The number of benzene rings is 1. The van der Waals surface area contributed by atoms with Crippen LogP contribution in [-0.2, 0) is 4.79 Å². The predicted octanol–water partition coefficient (Wildman–Crippen LogP) is 3.66. The summed E-state index contributed by atoms with van der Waals surface area (Å²) in [5, 5.41) is 14.2. The van der Waals surface area contributed by atoms with Crippen LogP contribution in [0.15, 0.2) is 67.0 Å². The summed E-state index contributed by atoms with van der Waals surface area (Å²) in [6.07, 6.45) is 11.6. The second-order valence-corrected chi connectivity index (χ2v) is 8.63. The molecule has 4 heterocycles. The van der Waals surface area contributed by atoms with Crippen molar-refractivity contribution in [2.45, 2.75) is 25.3 Å². The Balaban J connectivity index is 1.39. The molecule has 0 radical (unpaired) electrons. The van der Waals surface area contributed by atoms with E-state index in [1.54, 1.807) is 30.3 Å². The van der Waals surface area contributed by atoms with Crippen LogP contribution in [-0.4, -0.2) is 43.2 Å². The number of carbonyl (C=O) groups is 1. The molecule has 0 bridgehead atoms. The van der Waals surface area contributed by atoms with Gasteiger partial charge in [-0.15, -0.1) is 0 Å². The predicted molar refractivity (Wildman–Crippen MR) is 133 cm³/mol. The van der Waals surface area contributed by atoms with Gasteiger partial charge < -0.3 is 25.3 Å². The molecular weight excluding hydrogens is 444 g/mol. The number of methoxy groups -OCH3 is 1. The maximum atomic E-state index is 11.8. The third-order valence-electron chi connectivity index (χ3n) is 6.04. The molecule has 10 heteroatoms. The zero-order valence-electron chi connectivity index (χ0n) is 19.2. The standard InChI is InChI=1S/C25H24N8O2/c1-15-16(10-24(34)28-15)9-17-13-27-33-23(29-18-3-4-18)12-22(31-25(17)33)30-20-6-5-19(11-21(20)35-2)32-8-7-26-14-32/h5-9,11-14,18,29H,1,3-4,10H2,2H3,(H,28,34)(H,30,31)/b16-9+. The SMILES string of the molecule is C=C1NC(=O)C/C1=C\c1cnn2c(NC3CC3)cc(Nc3ccc(-n4ccnc4)cc3OC)nc12. The molecule has 0 spiro atoms. The molecule has 3 N–H and O–H groups in total. The van der Waals surface area contributed by atoms with Gasteiger partial charge in [0.2, 0.25) is 5.91 Å². The number of amides is 1. The number of fused-ring (bicyclic) bond motifs is 1. The maximum absolute atomic E-state index is 11.8. The van der Waals surface area contributed by atoms with Crippen molar-refractivity contribution in [1.82, 2.24) is 29.5 Å². The number of rotatable bonds is 7. The van der Waals surface area contributed by atoms with Gasteiger partial charge in [0.25, 0.3) is 0 Å². The first-order valence-electron chi connectivity index (χ1n) is 11.4. The average molecular weight is 469 g/mol. The first kappa shape index (κ1) is 21.0. The van der Waals surface area contributed by atoms with Crippen LogP contribution in [0.3, 0.4) is 0 Å². The largest absolute Gasteiger partial charge is 0.494 e. The van der Waals surface area contributed by atoms with Crippen LogP contribution in [0.25, 0.3) is 17.4 Å². The van der Waals surface area contributed by atoms with E-state index in [0.29, 0.717) is 35.4 Å². The van der Waals surface area contributed by atoms with Gasteiger partial charge in [0.15, 0.2) is 5.65 Å². The van der Waals surface area contributed by atoms with Gasteiger partial charge in [-0.05, 0) is 36.6 Å². The summed E-state index contributed by atoms with van der Waals surface area (Å²) in [7, 11) is 1.64. The molecule has 10 nitrogen and oxygen atoms in total. The van der Waals surface area contributed by atoms with E-state index in [2.05, 4.69) is 32.6 Å². The molecule has 2 fully saturated rings. The zero-order chi connectivity index (χ0) is 23.9. The summed E-state index contributed by atoms with van der Waals surface area (Å²) in [6.45, 7) is 3.94. The maximum Gasteiger partial charge on any atom is 0.228 e. The second-order valence-electron chi connectivity index (χ2n) is 8.63. The number of hydrogen-bond donors (Lipinski definition) is 3. The fourth-order valence-electron chi connectivity index (χ4n) is 4.08. The van der Waals surface area contributed by atoms with E-state index >= 15 is 0 Å². The highest BCUT2D eigenvalue weighted by Gasteiger charge is 2.24. The molecule has 176 valence electrons. The molecule has 1 saturated heterocycles. The Morgan fingerprint density at radius 2 is 2.17 bits per heavy atom. The Hall–Kier alpha value is -4.60. The lowest BCUT2D eigenvalue weighted by molar-refractivity contribution is -0.118. The van der Waals surface area contributed by atoms with Gasteiger partial charge in [-0.3, -0.25) is 4.79 Å². The van der Waals surface area contributed by atoms with Crippen LogP contribution in [0.5, 0.6) is 5.75 Å². The highest BCUT2D eigenvalue weighted by molar-refractivity contribution is 5.90. The summed E-state index contributed by atoms with van der Waals surface area (Å²) >= 11 is 0. The summed E-state index contributed by atoms with van der Waals surface area (Å²) in [5.41, 5.74) is 4.65. The fourth-order valence-corrected chi connectivity index (χ4v) is 4.08. The quantitative estimate of drug-likeness (QED) is 0.380. The Labute approximate surface area is 201 Å². The molecule has 1 saturated carbocycles. The van der Waals surface area contributed by atoms with Crippen LogP contribution >= 0.6 is 0 Å². The Bertz CT molecular complexity index is 1480. The van der Waals surface area contributed by atoms with Crippen LogP contribution in [0, 0.1) is 0 Å². The third kappa shape index (κ3) is 4.10. The van der Waals surface area contributed by atoms with Crippen molar-refractivity contribution in [3.63, 3.8) is 0 Å². The molecule has 1 aliphatic carbocycles. The molecule has 1 aromatic carbocycles. The lowest BCUT2D eigenvalue weighted by Gasteiger charge is -2.15. The normalized spacial score (nSPS) is 16.7. The van der Waals surface area contributed by atoms with E-state index in [1.165, 1.54) is 0 Å². The first-order chi connectivity index (χ1) is 17.1. The summed E-state index contributed by atoms with van der Waals surface area (Å²) in [6, 6.07) is 8.25. The topological polar surface area (TPSA) is 110 Å². The molecule has 0 unspecified atom stereocenters. The number of nitrogens with zero attached hydrogens (tertiary/aromatic N) is 5. The molecule has 1 amide bonds. The first-order valence-corrected chi connectivity index (χ1v) is 11.4. The van der Waals surface area contributed by atoms with Gasteiger partial charge in [-0.2, -0.15) is 9.61 Å². The van der Waals surface area contributed by atoms with Crippen molar-refractivity contribution in [3.8, 4) is 11.4 Å². The third-order valence-corrected chi connectivity index (χ3v) is 6.04. The van der Waals surface area contributed by atoms with Crippen molar-refractivity contribution in [1.29, 1.82) is 0 Å². The van der Waals surface area contributed by atoms with E-state index in [-0.39, 0.29) is 5.91 Å². The van der Waals surface area contributed by atoms with Crippen molar-refractivity contribution in [3.05, 3.63) is 72.6 Å². The summed E-state index contributed by atoms with van der Waals surface area (Å²) in [5.74, 6) is 2.11. The highest BCUT2D eigenvalue weighted by Crippen LogP contribution is 2.33. The van der Waals surface area contributed by atoms with Crippen molar-refractivity contribution in [2.75, 3.05) is 17.7 Å². The minimum Gasteiger partial charge on any atom is -0.494 e. The van der Waals surface area contributed by atoms with Crippen LogP contribution in [0.4, 0.5) is 17.3 Å². The van der Waals surface area contributed by atoms with Crippen molar-refractivity contribution >= 4 is 35.0 Å². The number of aromatic nitrogens is 5. The van der Waals surface area contributed by atoms with Gasteiger partial charge in [-0.25, -0.2) is 9.97 Å².